The number of H-pyrrole nitrogens is 1. The molecule has 21 heavy (non-hydrogen) atoms. The Balaban J connectivity index is 2.08. The molecule has 0 saturated carbocycles. The molecule has 2 aromatic rings. The van der Waals surface area contributed by atoms with Gasteiger partial charge in [0.25, 0.3) is 0 Å². The van der Waals surface area contributed by atoms with Crippen LogP contribution in [0.3, 0.4) is 0 Å². The van der Waals surface area contributed by atoms with Crippen LogP contribution in [0, 0.1) is 0 Å². The molecule has 112 valence electrons. The van der Waals surface area contributed by atoms with E-state index in [0.717, 1.165) is 17.8 Å². The lowest BCUT2D eigenvalue weighted by molar-refractivity contribution is 0.0697. The molecule has 2 rings (SSSR count). The molecule has 0 aliphatic rings. The summed E-state index contributed by atoms with van der Waals surface area (Å²) in [4.78, 5) is 17.4. The van der Waals surface area contributed by atoms with Crippen LogP contribution < -0.4 is 4.72 Å². The molecule has 0 unspecified atom stereocenters. The van der Waals surface area contributed by atoms with Gasteiger partial charge in [0.15, 0.2) is 0 Å². The van der Waals surface area contributed by atoms with Crippen LogP contribution in [0.1, 0.15) is 16.1 Å². The van der Waals surface area contributed by atoms with Gasteiger partial charge in [-0.05, 0) is 18.2 Å². The molecule has 7 nitrogen and oxygen atoms in total. The number of carboxylic acid groups (broad SMARTS) is 1. The van der Waals surface area contributed by atoms with Crippen molar-refractivity contribution in [3.63, 3.8) is 0 Å². The molecular weight excluding hydrogens is 318 g/mol. The number of carboxylic acids is 1. The minimum Gasteiger partial charge on any atom is -0.478 e. The Morgan fingerprint density at radius 1 is 1.43 bits per heavy atom. The van der Waals surface area contributed by atoms with E-state index < -0.39 is 16.0 Å². The number of sulfonamides is 1. The molecule has 0 aliphatic carbocycles. The molecule has 1 aromatic heterocycles. The van der Waals surface area contributed by atoms with Gasteiger partial charge >= 0.3 is 5.97 Å². The van der Waals surface area contributed by atoms with Gasteiger partial charge in [-0.1, -0.05) is 11.6 Å². The van der Waals surface area contributed by atoms with Gasteiger partial charge in [-0.2, -0.15) is 0 Å². The Labute approximate surface area is 126 Å². The topological polar surface area (TPSA) is 112 Å². The fourth-order valence-corrected chi connectivity index (χ4v) is 3.04. The quantitative estimate of drug-likeness (QED) is 0.739. The van der Waals surface area contributed by atoms with Gasteiger partial charge in [0.2, 0.25) is 10.0 Å². The molecule has 0 fully saturated rings. The number of carbonyl (C=O) groups is 1. The second kappa shape index (κ2) is 6.25. The molecule has 0 amide bonds. The van der Waals surface area contributed by atoms with Crippen molar-refractivity contribution < 1.29 is 18.3 Å². The first kappa shape index (κ1) is 15.5. The summed E-state index contributed by atoms with van der Waals surface area (Å²) in [7, 11) is -3.74. The van der Waals surface area contributed by atoms with Crippen molar-refractivity contribution in [2.75, 3.05) is 6.54 Å². The summed E-state index contributed by atoms with van der Waals surface area (Å²) in [6.45, 7) is 0.183. The highest BCUT2D eigenvalue weighted by Gasteiger charge is 2.17. The predicted octanol–water partition coefficient (Wildman–Crippen LogP) is 1.28. The average Bonchev–Trinajstić information content (AvgIpc) is 2.91. The zero-order valence-corrected chi connectivity index (χ0v) is 12.3. The maximum Gasteiger partial charge on any atom is 0.337 e. The normalized spacial score (nSPS) is 11.5. The fourth-order valence-electron chi connectivity index (χ4n) is 1.66. The van der Waals surface area contributed by atoms with E-state index in [4.69, 9.17) is 16.7 Å². The molecule has 0 spiro atoms. The molecule has 0 bridgehead atoms. The molecule has 1 heterocycles. The number of imidazole rings is 1. The van der Waals surface area contributed by atoms with Crippen LogP contribution in [-0.2, 0) is 16.4 Å². The Morgan fingerprint density at radius 2 is 2.19 bits per heavy atom. The summed E-state index contributed by atoms with van der Waals surface area (Å²) >= 11 is 5.76. The van der Waals surface area contributed by atoms with E-state index in [2.05, 4.69) is 14.7 Å². The first-order valence-electron chi connectivity index (χ1n) is 5.90. The van der Waals surface area contributed by atoms with Crippen molar-refractivity contribution in [2.45, 2.75) is 11.3 Å². The summed E-state index contributed by atoms with van der Waals surface area (Å²) < 4.78 is 26.5. The Hall–Kier alpha value is -1.90. The van der Waals surface area contributed by atoms with Gasteiger partial charge in [-0.15, -0.1) is 0 Å². The second-order valence-electron chi connectivity index (χ2n) is 4.17. The van der Waals surface area contributed by atoms with Gasteiger partial charge in [0, 0.05) is 24.9 Å². The Morgan fingerprint density at radius 3 is 2.76 bits per heavy atom. The van der Waals surface area contributed by atoms with E-state index in [1.165, 1.54) is 12.4 Å². The number of aromatic carboxylic acids is 1. The van der Waals surface area contributed by atoms with Crippen LogP contribution in [0.25, 0.3) is 0 Å². The monoisotopic (exact) mass is 329 g/mol. The number of rotatable bonds is 6. The van der Waals surface area contributed by atoms with Gasteiger partial charge < -0.3 is 10.1 Å². The number of hydrogen-bond acceptors (Lipinski definition) is 4. The number of nitrogens with one attached hydrogen (secondary N) is 2. The molecule has 0 aliphatic heterocycles. The smallest absolute Gasteiger partial charge is 0.337 e. The van der Waals surface area contributed by atoms with Crippen molar-refractivity contribution in [2.24, 2.45) is 0 Å². The summed E-state index contributed by atoms with van der Waals surface area (Å²) in [6.07, 6.45) is 3.57. The van der Waals surface area contributed by atoms with Crippen LogP contribution in [0.15, 0.2) is 35.6 Å². The fraction of sp³-hybridized carbons (Fsp3) is 0.167. The molecule has 0 atom stereocenters. The predicted molar refractivity (Wildman–Crippen MR) is 75.9 cm³/mol. The molecule has 9 heteroatoms. The minimum atomic E-state index is -3.74. The summed E-state index contributed by atoms with van der Waals surface area (Å²) in [6, 6.07) is 3.48. The maximum atomic E-state index is 12.1. The highest BCUT2D eigenvalue weighted by atomic mass is 35.5. The highest BCUT2D eigenvalue weighted by Crippen LogP contribution is 2.20. The zero-order valence-electron chi connectivity index (χ0n) is 10.7. The Bertz CT molecular complexity index is 744. The lowest BCUT2D eigenvalue weighted by Gasteiger charge is -2.07. The zero-order chi connectivity index (χ0) is 15.5. The number of aromatic nitrogens is 2. The van der Waals surface area contributed by atoms with E-state index in [-0.39, 0.29) is 22.0 Å². The van der Waals surface area contributed by atoms with Crippen molar-refractivity contribution in [3.8, 4) is 0 Å². The summed E-state index contributed by atoms with van der Waals surface area (Å²) in [5, 5.41) is 8.72. The van der Waals surface area contributed by atoms with Crippen LogP contribution in [0.4, 0.5) is 0 Å². The maximum absolute atomic E-state index is 12.1. The van der Waals surface area contributed by atoms with Crippen LogP contribution in [0.5, 0.6) is 0 Å². The third-order valence-electron chi connectivity index (χ3n) is 2.72. The SMILES string of the molecule is O=C(O)c1ccc(S(=O)(=O)NCCc2cnc[nH]2)cc1Cl. The number of aromatic amines is 1. The highest BCUT2D eigenvalue weighted by molar-refractivity contribution is 7.89. The molecule has 0 saturated heterocycles. The largest absolute Gasteiger partial charge is 0.478 e. The number of hydrogen-bond donors (Lipinski definition) is 3. The first-order valence-corrected chi connectivity index (χ1v) is 7.76. The van der Waals surface area contributed by atoms with Crippen molar-refractivity contribution in [1.29, 1.82) is 0 Å². The third-order valence-corrected chi connectivity index (χ3v) is 4.49. The van der Waals surface area contributed by atoms with E-state index in [1.807, 2.05) is 0 Å². The van der Waals surface area contributed by atoms with Gasteiger partial charge in [0.05, 0.1) is 21.8 Å². The second-order valence-corrected chi connectivity index (χ2v) is 6.35. The summed E-state index contributed by atoms with van der Waals surface area (Å²) in [5.41, 5.74) is 0.657. The van der Waals surface area contributed by atoms with Crippen LogP contribution >= 0.6 is 11.6 Å². The number of halogens is 1. The summed E-state index contributed by atoms with van der Waals surface area (Å²) in [5.74, 6) is -1.21. The Kier molecular flexibility index (Phi) is 4.61. The first-order chi connectivity index (χ1) is 9.90. The van der Waals surface area contributed by atoms with Gasteiger partial charge in [0.1, 0.15) is 0 Å². The van der Waals surface area contributed by atoms with E-state index in [0.29, 0.717) is 6.42 Å². The lowest BCUT2D eigenvalue weighted by Crippen LogP contribution is -2.26. The van der Waals surface area contributed by atoms with Gasteiger partial charge in [-0.3, -0.25) is 0 Å². The number of nitrogens with zero attached hydrogens (tertiary/aromatic N) is 1. The third kappa shape index (κ3) is 3.81. The van der Waals surface area contributed by atoms with E-state index >= 15 is 0 Å². The molecular formula is C12H12ClN3O4S. The standard InChI is InChI=1S/C12H12ClN3O4S/c13-11-5-9(1-2-10(11)12(17)18)21(19,20)16-4-3-8-6-14-7-15-8/h1-2,5-7,16H,3-4H2,(H,14,15)(H,17,18). The van der Waals surface area contributed by atoms with Crippen LogP contribution in [0.2, 0.25) is 5.02 Å². The average molecular weight is 330 g/mol. The molecule has 1 aromatic carbocycles. The van der Waals surface area contributed by atoms with Crippen molar-refractivity contribution >= 4 is 27.6 Å². The molecule has 3 N–H and O–H groups in total. The van der Waals surface area contributed by atoms with Crippen LogP contribution in [-0.4, -0.2) is 36.0 Å². The minimum absolute atomic E-state index is 0.0814. The lowest BCUT2D eigenvalue weighted by atomic mass is 10.2. The van der Waals surface area contributed by atoms with Crippen molar-refractivity contribution in [1.82, 2.24) is 14.7 Å². The van der Waals surface area contributed by atoms with Gasteiger partial charge in [-0.25, -0.2) is 22.9 Å². The van der Waals surface area contributed by atoms with Crippen molar-refractivity contribution in [3.05, 3.63) is 47.0 Å². The van der Waals surface area contributed by atoms with E-state index in [1.54, 1.807) is 6.20 Å². The number of benzene rings is 1. The van der Waals surface area contributed by atoms with E-state index in [9.17, 15) is 13.2 Å². The molecule has 0 radical (unpaired) electrons.